The molecule has 0 aliphatic rings. The Kier molecular flexibility index (Phi) is 3.02. The maximum absolute atomic E-state index is 12.4. The number of benzene rings is 1. The van der Waals surface area contributed by atoms with Gasteiger partial charge in [0.15, 0.2) is 0 Å². The average Bonchev–Trinajstić information content (AvgIpc) is 2.15. The number of halogens is 3. The molecular weight excluding hydrogens is 207 g/mol. The second kappa shape index (κ2) is 3.92. The van der Waals surface area contributed by atoms with E-state index in [2.05, 4.69) is 0 Å². The van der Waals surface area contributed by atoms with Crippen LogP contribution in [0.5, 0.6) is 5.75 Å². The van der Waals surface area contributed by atoms with Crippen LogP contribution in [0.1, 0.15) is 18.1 Å². The second-order valence-electron chi connectivity index (χ2n) is 3.07. The number of methoxy groups -OCH3 is 1. The van der Waals surface area contributed by atoms with Crippen LogP contribution < -0.4 is 4.74 Å². The van der Waals surface area contributed by atoms with Gasteiger partial charge in [-0.05, 0) is 30.7 Å². The molecule has 0 saturated heterocycles. The van der Waals surface area contributed by atoms with Crippen molar-refractivity contribution < 1.29 is 17.9 Å². The molecule has 5 heteroatoms. The maximum Gasteiger partial charge on any atom is 0.416 e. The number of ether oxygens (including phenoxy) is 1. The minimum absolute atomic E-state index is 0.0689. The van der Waals surface area contributed by atoms with E-state index in [0.29, 0.717) is 0 Å². The molecule has 0 aliphatic carbocycles. The lowest BCUT2D eigenvalue weighted by Crippen LogP contribution is -2.07. The highest BCUT2D eigenvalue weighted by Gasteiger charge is 2.31. The third-order valence-corrected chi connectivity index (χ3v) is 1.90. The van der Waals surface area contributed by atoms with Crippen molar-refractivity contribution in [1.82, 2.24) is 0 Å². The van der Waals surface area contributed by atoms with Crippen molar-refractivity contribution in [1.29, 1.82) is 5.41 Å². The summed E-state index contributed by atoms with van der Waals surface area (Å²) in [5.41, 5.74) is -0.524. The molecule has 15 heavy (non-hydrogen) atoms. The Labute approximate surface area is 85.2 Å². The Balaban J connectivity index is 3.30. The molecule has 0 aliphatic heterocycles. The first-order valence-corrected chi connectivity index (χ1v) is 4.16. The Morgan fingerprint density at radius 2 is 1.87 bits per heavy atom. The van der Waals surface area contributed by atoms with Crippen LogP contribution in [0.3, 0.4) is 0 Å². The molecule has 1 N–H and O–H groups in total. The first-order valence-electron chi connectivity index (χ1n) is 4.16. The van der Waals surface area contributed by atoms with Gasteiger partial charge in [0.05, 0.1) is 12.7 Å². The van der Waals surface area contributed by atoms with E-state index in [4.69, 9.17) is 10.1 Å². The molecule has 2 nitrogen and oxygen atoms in total. The van der Waals surface area contributed by atoms with Crippen molar-refractivity contribution in [2.45, 2.75) is 13.1 Å². The topological polar surface area (TPSA) is 33.1 Å². The molecule has 82 valence electrons. The van der Waals surface area contributed by atoms with E-state index >= 15 is 0 Å². The third-order valence-electron chi connectivity index (χ3n) is 1.90. The third kappa shape index (κ3) is 2.71. The Hall–Kier alpha value is -1.52. The summed E-state index contributed by atoms with van der Waals surface area (Å²) in [6.45, 7) is 1.43. The molecule has 0 saturated carbocycles. The van der Waals surface area contributed by atoms with E-state index < -0.39 is 11.7 Å². The van der Waals surface area contributed by atoms with E-state index in [1.165, 1.54) is 20.1 Å². The number of hydrogen-bond donors (Lipinski definition) is 1. The van der Waals surface area contributed by atoms with Crippen LogP contribution in [0.15, 0.2) is 18.2 Å². The molecule has 0 radical (unpaired) electrons. The quantitative estimate of drug-likeness (QED) is 0.758. The van der Waals surface area contributed by atoms with Crippen molar-refractivity contribution in [3.05, 3.63) is 29.3 Å². The number of rotatable bonds is 2. The van der Waals surface area contributed by atoms with Gasteiger partial charge in [-0.15, -0.1) is 0 Å². The van der Waals surface area contributed by atoms with Gasteiger partial charge in [0.1, 0.15) is 5.75 Å². The van der Waals surface area contributed by atoms with Crippen LogP contribution in [0.2, 0.25) is 0 Å². The zero-order valence-electron chi connectivity index (χ0n) is 8.27. The van der Waals surface area contributed by atoms with Gasteiger partial charge < -0.3 is 10.1 Å². The van der Waals surface area contributed by atoms with Gasteiger partial charge in [0, 0.05) is 5.71 Å². The highest BCUT2D eigenvalue weighted by molar-refractivity contribution is 5.96. The summed E-state index contributed by atoms with van der Waals surface area (Å²) in [6, 6.07) is 3.24. The number of nitrogens with one attached hydrogen (secondary N) is 1. The molecule has 0 atom stereocenters. The zero-order chi connectivity index (χ0) is 11.6. The monoisotopic (exact) mass is 217 g/mol. The van der Waals surface area contributed by atoms with Crippen molar-refractivity contribution in [3.8, 4) is 5.75 Å². The Morgan fingerprint density at radius 1 is 1.27 bits per heavy atom. The van der Waals surface area contributed by atoms with E-state index in [0.717, 1.165) is 12.1 Å². The number of alkyl halides is 3. The number of hydrogen-bond acceptors (Lipinski definition) is 2. The smallest absolute Gasteiger partial charge is 0.416 e. The molecule has 0 bridgehead atoms. The van der Waals surface area contributed by atoms with Crippen molar-refractivity contribution in [2.75, 3.05) is 7.11 Å². The van der Waals surface area contributed by atoms with E-state index in [-0.39, 0.29) is 17.0 Å². The fourth-order valence-electron chi connectivity index (χ4n) is 1.10. The van der Waals surface area contributed by atoms with Crippen LogP contribution >= 0.6 is 0 Å². The van der Waals surface area contributed by atoms with Crippen LogP contribution in [-0.2, 0) is 6.18 Å². The molecule has 0 amide bonds. The van der Waals surface area contributed by atoms with Gasteiger partial charge in [-0.2, -0.15) is 13.2 Å². The predicted molar refractivity (Wildman–Crippen MR) is 50.5 cm³/mol. The predicted octanol–water partition coefficient (Wildman–Crippen LogP) is 3.10. The van der Waals surface area contributed by atoms with Gasteiger partial charge in [-0.3, -0.25) is 0 Å². The van der Waals surface area contributed by atoms with Crippen LogP contribution in [-0.4, -0.2) is 12.8 Å². The normalized spacial score (nSPS) is 11.3. The SMILES string of the molecule is COc1cc(C(C)=N)cc(C(F)(F)F)c1. The van der Waals surface area contributed by atoms with Gasteiger partial charge in [0.2, 0.25) is 0 Å². The maximum atomic E-state index is 12.4. The van der Waals surface area contributed by atoms with Crippen LogP contribution in [0.4, 0.5) is 13.2 Å². The highest BCUT2D eigenvalue weighted by Crippen LogP contribution is 2.32. The summed E-state index contributed by atoms with van der Waals surface area (Å²) in [5, 5.41) is 7.29. The van der Waals surface area contributed by atoms with E-state index in [1.54, 1.807) is 0 Å². The fourth-order valence-corrected chi connectivity index (χ4v) is 1.10. The molecule has 0 aromatic heterocycles. The van der Waals surface area contributed by atoms with Crippen molar-refractivity contribution >= 4 is 5.71 Å². The van der Waals surface area contributed by atoms with Gasteiger partial charge in [-0.25, -0.2) is 0 Å². The average molecular weight is 217 g/mol. The minimum Gasteiger partial charge on any atom is -0.497 e. The molecule has 0 heterocycles. The van der Waals surface area contributed by atoms with Gasteiger partial charge in [0.25, 0.3) is 0 Å². The lowest BCUT2D eigenvalue weighted by atomic mass is 10.1. The van der Waals surface area contributed by atoms with E-state index in [1.807, 2.05) is 0 Å². The second-order valence-corrected chi connectivity index (χ2v) is 3.07. The standard InChI is InChI=1S/C10H10F3NO/c1-6(14)7-3-8(10(11,12)13)5-9(4-7)15-2/h3-5,14H,1-2H3. The Morgan fingerprint density at radius 3 is 2.27 bits per heavy atom. The zero-order valence-corrected chi connectivity index (χ0v) is 8.27. The minimum atomic E-state index is -4.42. The van der Waals surface area contributed by atoms with Crippen molar-refractivity contribution in [3.63, 3.8) is 0 Å². The largest absolute Gasteiger partial charge is 0.497 e. The molecular formula is C10H10F3NO. The van der Waals surface area contributed by atoms with Gasteiger partial charge in [-0.1, -0.05) is 0 Å². The lowest BCUT2D eigenvalue weighted by Gasteiger charge is -2.10. The fraction of sp³-hybridized carbons (Fsp3) is 0.300. The highest BCUT2D eigenvalue weighted by atomic mass is 19.4. The van der Waals surface area contributed by atoms with Gasteiger partial charge >= 0.3 is 6.18 Å². The molecule has 1 aromatic carbocycles. The summed E-state index contributed by atoms with van der Waals surface area (Å²) in [7, 11) is 1.29. The lowest BCUT2D eigenvalue weighted by molar-refractivity contribution is -0.137. The first kappa shape index (κ1) is 11.6. The first-order chi connectivity index (χ1) is 6.84. The van der Waals surface area contributed by atoms with E-state index in [9.17, 15) is 13.2 Å². The summed E-state index contributed by atoms with van der Waals surface area (Å²) >= 11 is 0. The van der Waals surface area contributed by atoms with Crippen molar-refractivity contribution in [2.24, 2.45) is 0 Å². The Bertz CT molecular complexity index is 385. The van der Waals surface area contributed by atoms with Crippen LogP contribution in [0.25, 0.3) is 0 Å². The molecule has 0 spiro atoms. The molecule has 0 unspecified atom stereocenters. The summed E-state index contributed by atoms with van der Waals surface area (Å²) in [6.07, 6.45) is -4.42. The molecule has 1 aromatic rings. The molecule has 0 fully saturated rings. The van der Waals surface area contributed by atoms with Crippen LogP contribution in [0, 0.1) is 5.41 Å². The summed E-state index contributed by atoms with van der Waals surface area (Å²) < 4.78 is 42.0. The molecule has 1 rings (SSSR count). The summed E-state index contributed by atoms with van der Waals surface area (Å²) in [4.78, 5) is 0. The summed E-state index contributed by atoms with van der Waals surface area (Å²) in [5.74, 6) is 0.103.